The van der Waals surface area contributed by atoms with E-state index in [4.69, 9.17) is 0 Å². The summed E-state index contributed by atoms with van der Waals surface area (Å²) in [6.45, 7) is 2.55. The van der Waals surface area contributed by atoms with Crippen LogP contribution >= 0.6 is 7.29 Å². The Labute approximate surface area is 254 Å². The predicted molar refractivity (Wildman–Crippen MR) is 148 cm³/mol. The zero-order valence-electron chi connectivity index (χ0n) is 24.0. The van der Waals surface area contributed by atoms with Gasteiger partial charge in [-0.25, -0.2) is 4.79 Å². The van der Waals surface area contributed by atoms with Crippen LogP contribution in [0.4, 0.5) is 0 Å². The number of rotatable bonds is 11. The third-order valence-corrected chi connectivity index (χ3v) is 10.4. The number of aliphatic carboxylic acids is 1. The summed E-state index contributed by atoms with van der Waals surface area (Å²) in [6, 6.07) is 17.6. The molecule has 0 bridgehead atoms. The van der Waals surface area contributed by atoms with Gasteiger partial charge in [-0.2, -0.15) is 0 Å². The van der Waals surface area contributed by atoms with E-state index in [2.05, 4.69) is 5.09 Å². The molecule has 4 rings (SSSR count). The van der Waals surface area contributed by atoms with E-state index in [9.17, 15) is 24.1 Å². The third kappa shape index (κ3) is 8.27. The van der Waals surface area contributed by atoms with Crippen LogP contribution in [0.2, 0.25) is 0 Å². The fraction of sp³-hybridized carbons (Fsp3) is 0.483. The van der Waals surface area contributed by atoms with Crippen molar-refractivity contribution in [1.82, 2.24) is 14.9 Å². The van der Waals surface area contributed by atoms with E-state index in [1.807, 2.05) is 60.7 Å². The number of amides is 2. The molecule has 2 fully saturated rings. The quantitative estimate of drug-likeness (QED) is 0.311. The fourth-order valence-corrected chi connectivity index (χ4v) is 8.11. The SMILES string of the molecule is C[C@H](NP(=O)(CCc1ccccc1)CCc1ccccc1)C(=O)N1CCC[C@H]1C(=O)N1CCC[C@H]1C(=O)O.[H-].[Na+]. The van der Waals surface area contributed by atoms with Crippen LogP contribution in [0.1, 0.15) is 45.2 Å². The number of nitrogens with one attached hydrogen (secondary N) is 1. The van der Waals surface area contributed by atoms with Crippen molar-refractivity contribution in [3.05, 3.63) is 71.8 Å². The van der Waals surface area contributed by atoms with E-state index < -0.39 is 31.4 Å². The predicted octanol–water partition coefficient (Wildman–Crippen LogP) is 0.911. The number of likely N-dealkylation sites (tertiary alicyclic amines) is 2. The van der Waals surface area contributed by atoms with Gasteiger partial charge in [-0.15, -0.1) is 0 Å². The molecule has 2 amide bonds. The molecule has 0 radical (unpaired) electrons. The maximum Gasteiger partial charge on any atom is 1.00 e. The number of carboxylic acids is 1. The molecule has 39 heavy (non-hydrogen) atoms. The Morgan fingerprint density at radius 2 is 1.38 bits per heavy atom. The Bertz CT molecular complexity index is 1130. The standard InChI is InChI=1S/C29H38N3O5P.Na.H/c1-22(27(33)31-18-8-14-25(31)28(34)32-19-9-15-26(32)29(35)36)30-38(37,20-16-23-10-4-2-5-11-23)21-17-24-12-6-3-7-13-24;;/h2-7,10-13,22,25-26H,8-9,14-21H2,1H3,(H,30,37)(H,35,36);;/q;+1;-1/t22-,25-,26-;;/m0../s1. The first-order chi connectivity index (χ1) is 18.3. The van der Waals surface area contributed by atoms with Crippen LogP contribution in [0.5, 0.6) is 0 Å². The van der Waals surface area contributed by atoms with Gasteiger partial charge >= 0.3 is 35.5 Å². The minimum atomic E-state index is -2.96. The monoisotopic (exact) mass is 563 g/mol. The molecule has 10 heteroatoms. The van der Waals surface area contributed by atoms with Crippen LogP contribution in [0, 0.1) is 0 Å². The normalized spacial score (nSPS) is 19.9. The molecule has 0 unspecified atom stereocenters. The van der Waals surface area contributed by atoms with Crippen LogP contribution < -0.4 is 34.6 Å². The molecule has 2 aliphatic heterocycles. The maximum atomic E-state index is 14.2. The number of aryl methyl sites for hydroxylation is 2. The van der Waals surface area contributed by atoms with Crippen LogP contribution in [-0.2, 0) is 31.8 Å². The van der Waals surface area contributed by atoms with Gasteiger partial charge in [0.1, 0.15) is 19.4 Å². The summed E-state index contributed by atoms with van der Waals surface area (Å²) in [5, 5.41) is 12.7. The summed E-state index contributed by atoms with van der Waals surface area (Å²) in [5.41, 5.74) is 2.19. The van der Waals surface area contributed by atoms with E-state index in [-0.39, 0.29) is 42.8 Å². The fourth-order valence-electron chi connectivity index (χ4n) is 5.57. The Balaban J connectivity index is 0.00000280. The van der Waals surface area contributed by atoms with Gasteiger partial charge in [0, 0.05) is 25.4 Å². The maximum absolute atomic E-state index is 14.2. The van der Waals surface area contributed by atoms with Gasteiger partial charge in [-0.05, 0) is 56.6 Å². The number of carbonyl (C=O) groups excluding carboxylic acids is 2. The molecule has 2 aromatic rings. The largest absolute Gasteiger partial charge is 1.00 e. The van der Waals surface area contributed by atoms with Gasteiger partial charge in [-0.1, -0.05) is 60.7 Å². The molecule has 8 nitrogen and oxygen atoms in total. The summed E-state index contributed by atoms with van der Waals surface area (Å²) in [5.74, 6) is -1.55. The molecular weight excluding hydrogens is 524 g/mol. The zero-order valence-corrected chi connectivity index (χ0v) is 25.9. The number of hydrogen-bond acceptors (Lipinski definition) is 4. The van der Waals surface area contributed by atoms with E-state index in [0.29, 0.717) is 63.9 Å². The molecular formula is C29H39N3NaO5P. The van der Waals surface area contributed by atoms with Crippen LogP contribution in [0.3, 0.4) is 0 Å². The molecule has 0 aromatic heterocycles. The molecule has 2 N–H and O–H groups in total. The first-order valence-corrected chi connectivity index (χ1v) is 15.6. The Morgan fingerprint density at radius 1 is 0.897 bits per heavy atom. The second kappa shape index (κ2) is 14.6. The molecule has 3 atom stereocenters. The summed E-state index contributed by atoms with van der Waals surface area (Å²) in [7, 11) is -2.96. The average Bonchev–Trinajstić information content (AvgIpc) is 3.62. The summed E-state index contributed by atoms with van der Waals surface area (Å²) < 4.78 is 14.2. The van der Waals surface area contributed by atoms with E-state index in [1.54, 1.807) is 11.8 Å². The number of benzene rings is 2. The van der Waals surface area contributed by atoms with Crippen LogP contribution in [0.15, 0.2) is 60.7 Å². The van der Waals surface area contributed by atoms with Gasteiger partial charge in [0.05, 0.1) is 6.04 Å². The molecule has 206 valence electrons. The second-order valence-corrected chi connectivity index (χ2v) is 13.3. The van der Waals surface area contributed by atoms with Gasteiger partial charge < -0.3 is 20.9 Å². The zero-order chi connectivity index (χ0) is 27.1. The van der Waals surface area contributed by atoms with Crippen molar-refractivity contribution >= 4 is 25.1 Å². The molecule has 0 spiro atoms. The summed E-state index contributed by atoms with van der Waals surface area (Å²) in [4.78, 5) is 41.5. The number of hydrogen-bond donors (Lipinski definition) is 2. The minimum Gasteiger partial charge on any atom is -1.00 e. The van der Waals surface area contributed by atoms with Gasteiger partial charge in [-0.3, -0.25) is 14.7 Å². The Kier molecular flexibility index (Phi) is 11.8. The van der Waals surface area contributed by atoms with Gasteiger partial charge in [0.25, 0.3) is 0 Å². The number of carbonyl (C=O) groups is 3. The smallest absolute Gasteiger partial charge is 1.00 e. The molecule has 2 aliphatic rings. The minimum absolute atomic E-state index is 0. The van der Waals surface area contributed by atoms with Gasteiger partial charge in [0.15, 0.2) is 0 Å². The van der Waals surface area contributed by atoms with E-state index >= 15 is 0 Å². The molecule has 2 heterocycles. The molecule has 2 aromatic carbocycles. The molecule has 2 saturated heterocycles. The van der Waals surface area contributed by atoms with Crippen LogP contribution in [-0.4, -0.2) is 76.2 Å². The first kappa shape index (κ1) is 31.6. The van der Waals surface area contributed by atoms with E-state index in [0.717, 1.165) is 11.1 Å². The van der Waals surface area contributed by atoms with Gasteiger partial charge in [0.2, 0.25) is 11.8 Å². The summed E-state index contributed by atoms with van der Waals surface area (Å²) >= 11 is 0. The number of carboxylic acid groups (broad SMARTS) is 1. The first-order valence-electron chi connectivity index (χ1n) is 13.5. The van der Waals surface area contributed by atoms with Crippen molar-refractivity contribution < 1.29 is 55.0 Å². The summed E-state index contributed by atoms with van der Waals surface area (Å²) in [6.07, 6.45) is 4.41. The number of nitrogens with zero attached hydrogens (tertiary/aromatic N) is 2. The topological polar surface area (TPSA) is 107 Å². The molecule has 0 saturated carbocycles. The van der Waals surface area contributed by atoms with Crippen LogP contribution in [0.25, 0.3) is 0 Å². The third-order valence-electron chi connectivity index (χ3n) is 7.65. The van der Waals surface area contributed by atoms with Crippen molar-refractivity contribution in [3.8, 4) is 0 Å². The van der Waals surface area contributed by atoms with Crippen molar-refractivity contribution in [2.45, 2.75) is 63.6 Å². The van der Waals surface area contributed by atoms with Crippen molar-refractivity contribution in [2.75, 3.05) is 25.4 Å². The van der Waals surface area contributed by atoms with Crippen molar-refractivity contribution in [1.29, 1.82) is 0 Å². The van der Waals surface area contributed by atoms with Crippen molar-refractivity contribution in [2.24, 2.45) is 0 Å². The average molecular weight is 564 g/mol. The van der Waals surface area contributed by atoms with Crippen molar-refractivity contribution in [3.63, 3.8) is 0 Å². The Morgan fingerprint density at radius 3 is 1.90 bits per heavy atom. The Hall–Kier alpha value is -1.96. The second-order valence-electron chi connectivity index (χ2n) is 10.4. The van der Waals surface area contributed by atoms with E-state index in [1.165, 1.54) is 4.90 Å². The molecule has 0 aliphatic carbocycles.